The number of nitrogens with one attached hydrogen (secondary N) is 1. The van der Waals surface area contributed by atoms with E-state index in [1.807, 2.05) is 18.2 Å². The van der Waals surface area contributed by atoms with Crippen LogP contribution in [-0.4, -0.2) is 21.3 Å². The monoisotopic (exact) mass is 309 g/mol. The molecule has 112 valence electrons. The minimum Gasteiger partial charge on any atom is -0.493 e. The zero-order chi connectivity index (χ0) is 15.4. The molecule has 0 fully saturated rings. The smallest absolute Gasteiger partial charge is 0.165 e. The molecule has 2 aromatic carbocycles. The molecule has 3 nitrogen and oxygen atoms in total. The van der Waals surface area contributed by atoms with Crippen molar-refractivity contribution in [1.29, 1.82) is 0 Å². The van der Waals surface area contributed by atoms with E-state index in [1.54, 1.807) is 27.3 Å². The van der Waals surface area contributed by atoms with E-state index in [9.17, 15) is 4.39 Å². The maximum Gasteiger partial charge on any atom is 0.165 e. The summed E-state index contributed by atoms with van der Waals surface area (Å²) in [5, 5.41) is 3.63. The Hall–Kier alpha value is -1.78. The van der Waals surface area contributed by atoms with Gasteiger partial charge in [-0.15, -0.1) is 0 Å². The third-order valence-corrected chi connectivity index (χ3v) is 3.65. The number of benzene rings is 2. The van der Waals surface area contributed by atoms with Crippen molar-refractivity contribution >= 4 is 11.6 Å². The lowest BCUT2D eigenvalue weighted by molar-refractivity contribution is 0.349. The van der Waals surface area contributed by atoms with Gasteiger partial charge in [-0.05, 0) is 36.9 Å². The summed E-state index contributed by atoms with van der Waals surface area (Å²) in [5.41, 5.74) is 1.47. The fourth-order valence-corrected chi connectivity index (χ4v) is 2.58. The lowest BCUT2D eigenvalue weighted by atomic mass is 9.97. The summed E-state index contributed by atoms with van der Waals surface area (Å²) < 4.78 is 24.3. The highest BCUT2D eigenvalue weighted by Gasteiger charge is 2.21. The van der Waals surface area contributed by atoms with Gasteiger partial charge in [0, 0.05) is 10.6 Å². The zero-order valence-electron chi connectivity index (χ0n) is 12.1. The van der Waals surface area contributed by atoms with E-state index in [1.165, 1.54) is 12.1 Å². The van der Waals surface area contributed by atoms with Gasteiger partial charge < -0.3 is 14.8 Å². The maximum atomic E-state index is 13.5. The highest BCUT2D eigenvalue weighted by Crippen LogP contribution is 2.38. The number of para-hydroxylation sites is 1. The first-order valence-electron chi connectivity index (χ1n) is 6.45. The fraction of sp³-hybridized carbons (Fsp3) is 0.250. The second kappa shape index (κ2) is 6.78. The summed E-state index contributed by atoms with van der Waals surface area (Å²) in [5.74, 6) is 0.874. The van der Waals surface area contributed by atoms with E-state index in [0.29, 0.717) is 22.1 Å². The Morgan fingerprint density at radius 2 is 1.86 bits per heavy atom. The molecule has 1 unspecified atom stereocenters. The van der Waals surface area contributed by atoms with Gasteiger partial charge in [0.05, 0.1) is 20.3 Å². The molecule has 0 aliphatic carbocycles. The Kier molecular flexibility index (Phi) is 5.04. The molecule has 0 heterocycles. The summed E-state index contributed by atoms with van der Waals surface area (Å²) in [4.78, 5) is 0. The topological polar surface area (TPSA) is 30.5 Å². The van der Waals surface area contributed by atoms with Crippen LogP contribution in [0.1, 0.15) is 17.2 Å². The summed E-state index contributed by atoms with van der Waals surface area (Å²) in [7, 11) is 4.93. The first-order valence-corrected chi connectivity index (χ1v) is 6.83. The van der Waals surface area contributed by atoms with E-state index < -0.39 is 0 Å². The van der Waals surface area contributed by atoms with Crippen molar-refractivity contribution in [3.05, 3.63) is 58.4 Å². The van der Waals surface area contributed by atoms with E-state index in [0.717, 1.165) is 5.56 Å². The molecule has 5 heteroatoms. The minimum absolute atomic E-state index is 0.307. The predicted molar refractivity (Wildman–Crippen MR) is 81.9 cm³/mol. The van der Waals surface area contributed by atoms with Gasteiger partial charge in [0.2, 0.25) is 0 Å². The van der Waals surface area contributed by atoms with E-state index in [2.05, 4.69) is 5.32 Å². The average molecular weight is 310 g/mol. The Morgan fingerprint density at radius 1 is 1.10 bits per heavy atom. The maximum absolute atomic E-state index is 13.5. The SMILES string of the molecule is CNC(c1cc(F)ccc1Cl)c1cccc(OC)c1OC. The molecule has 2 rings (SSSR count). The molecule has 0 aliphatic heterocycles. The molecule has 0 aliphatic rings. The standard InChI is InChI=1S/C16H17ClFNO2/c1-19-15(12-9-10(18)7-8-13(12)17)11-5-4-6-14(20-2)16(11)21-3/h4-9,15,19H,1-3H3. The van der Waals surface area contributed by atoms with Crippen LogP contribution in [0.15, 0.2) is 36.4 Å². The Labute approximate surface area is 128 Å². The van der Waals surface area contributed by atoms with Crippen molar-refractivity contribution in [3.63, 3.8) is 0 Å². The lowest BCUT2D eigenvalue weighted by Gasteiger charge is -2.22. The molecule has 21 heavy (non-hydrogen) atoms. The molecule has 0 aromatic heterocycles. The summed E-state index contributed by atoms with van der Waals surface area (Å²) in [6.45, 7) is 0. The Morgan fingerprint density at radius 3 is 2.48 bits per heavy atom. The number of methoxy groups -OCH3 is 2. The van der Waals surface area contributed by atoms with Crippen molar-refractivity contribution in [1.82, 2.24) is 5.32 Å². The van der Waals surface area contributed by atoms with Crippen molar-refractivity contribution in [2.75, 3.05) is 21.3 Å². The normalized spacial score (nSPS) is 12.0. The van der Waals surface area contributed by atoms with Gasteiger partial charge in [0.25, 0.3) is 0 Å². The number of hydrogen-bond donors (Lipinski definition) is 1. The predicted octanol–water partition coefficient (Wildman–Crippen LogP) is 3.81. The van der Waals surface area contributed by atoms with Crippen LogP contribution in [0.4, 0.5) is 4.39 Å². The van der Waals surface area contributed by atoms with Crippen molar-refractivity contribution in [2.45, 2.75) is 6.04 Å². The summed E-state index contributed by atoms with van der Waals surface area (Å²) in [6, 6.07) is 9.55. The van der Waals surface area contributed by atoms with Gasteiger partial charge in [0.15, 0.2) is 11.5 Å². The molecule has 1 atom stereocenters. The van der Waals surface area contributed by atoms with Crippen LogP contribution in [0.5, 0.6) is 11.5 Å². The van der Waals surface area contributed by atoms with Crippen LogP contribution >= 0.6 is 11.6 Å². The largest absolute Gasteiger partial charge is 0.493 e. The summed E-state index contributed by atoms with van der Waals surface area (Å²) >= 11 is 6.21. The van der Waals surface area contributed by atoms with E-state index in [4.69, 9.17) is 21.1 Å². The van der Waals surface area contributed by atoms with E-state index >= 15 is 0 Å². The van der Waals surface area contributed by atoms with Crippen molar-refractivity contribution in [2.24, 2.45) is 0 Å². The average Bonchev–Trinajstić information content (AvgIpc) is 2.51. The molecule has 0 saturated carbocycles. The molecular formula is C16H17ClFNO2. The molecule has 0 spiro atoms. The van der Waals surface area contributed by atoms with Gasteiger partial charge in [-0.3, -0.25) is 0 Å². The van der Waals surface area contributed by atoms with Crippen LogP contribution in [0.25, 0.3) is 0 Å². The Bertz CT molecular complexity index is 634. The Balaban J connectivity index is 2.59. The fourth-order valence-electron chi connectivity index (χ4n) is 2.35. The first-order chi connectivity index (χ1) is 10.1. The second-order valence-electron chi connectivity index (χ2n) is 4.47. The van der Waals surface area contributed by atoms with E-state index in [-0.39, 0.29) is 11.9 Å². The molecule has 0 radical (unpaired) electrons. The van der Waals surface area contributed by atoms with Crippen LogP contribution in [-0.2, 0) is 0 Å². The second-order valence-corrected chi connectivity index (χ2v) is 4.88. The van der Waals surface area contributed by atoms with Crippen LogP contribution in [0.3, 0.4) is 0 Å². The van der Waals surface area contributed by atoms with Crippen LogP contribution in [0, 0.1) is 5.82 Å². The first kappa shape index (κ1) is 15.6. The lowest BCUT2D eigenvalue weighted by Crippen LogP contribution is -2.19. The zero-order valence-corrected chi connectivity index (χ0v) is 12.9. The molecular weight excluding hydrogens is 293 g/mol. The number of hydrogen-bond acceptors (Lipinski definition) is 3. The molecule has 0 saturated heterocycles. The highest BCUT2D eigenvalue weighted by atomic mass is 35.5. The van der Waals surface area contributed by atoms with Gasteiger partial charge in [-0.25, -0.2) is 4.39 Å². The van der Waals surface area contributed by atoms with Crippen LogP contribution < -0.4 is 14.8 Å². The van der Waals surface area contributed by atoms with Crippen molar-refractivity contribution < 1.29 is 13.9 Å². The third kappa shape index (κ3) is 3.12. The number of ether oxygens (including phenoxy) is 2. The van der Waals surface area contributed by atoms with Crippen molar-refractivity contribution in [3.8, 4) is 11.5 Å². The van der Waals surface area contributed by atoms with Gasteiger partial charge >= 0.3 is 0 Å². The number of halogens is 2. The highest BCUT2D eigenvalue weighted by molar-refractivity contribution is 6.31. The van der Waals surface area contributed by atoms with Gasteiger partial charge in [0.1, 0.15) is 5.82 Å². The van der Waals surface area contributed by atoms with Gasteiger partial charge in [-0.1, -0.05) is 23.7 Å². The molecule has 2 aromatic rings. The third-order valence-electron chi connectivity index (χ3n) is 3.30. The molecule has 1 N–H and O–H groups in total. The quantitative estimate of drug-likeness (QED) is 0.911. The molecule has 0 amide bonds. The number of rotatable bonds is 5. The summed E-state index contributed by atoms with van der Waals surface area (Å²) in [6.07, 6.45) is 0. The van der Waals surface area contributed by atoms with Crippen LogP contribution in [0.2, 0.25) is 5.02 Å². The van der Waals surface area contributed by atoms with Gasteiger partial charge in [-0.2, -0.15) is 0 Å². The minimum atomic E-state index is -0.337. The molecule has 0 bridgehead atoms.